The summed E-state index contributed by atoms with van der Waals surface area (Å²) in [6, 6.07) is 9.49. The minimum atomic E-state index is -0.120. The molecule has 1 aromatic heterocycles. The van der Waals surface area contributed by atoms with Crippen molar-refractivity contribution < 1.29 is 10.0 Å². The molecule has 0 radical (unpaired) electrons. The van der Waals surface area contributed by atoms with Crippen molar-refractivity contribution in [3.63, 3.8) is 0 Å². The summed E-state index contributed by atoms with van der Waals surface area (Å²) in [4.78, 5) is 16.0. The summed E-state index contributed by atoms with van der Waals surface area (Å²) >= 11 is 1.30. The third-order valence-corrected chi connectivity index (χ3v) is 3.24. The Morgan fingerprint density at radius 3 is 2.84 bits per heavy atom. The molecule has 19 heavy (non-hydrogen) atoms. The number of amides is 1. The minimum absolute atomic E-state index is 0.120. The number of rotatable bonds is 4. The number of oxime groups is 1. The lowest BCUT2D eigenvalue weighted by Gasteiger charge is -2.01. The zero-order valence-electron chi connectivity index (χ0n) is 10.3. The third kappa shape index (κ3) is 3.62. The van der Waals surface area contributed by atoms with Crippen LogP contribution in [0.15, 0.2) is 40.9 Å². The number of benzene rings is 1. The Labute approximate surface area is 114 Å². The quantitative estimate of drug-likeness (QED) is 0.511. The Morgan fingerprint density at radius 1 is 1.42 bits per heavy atom. The first-order valence-corrected chi connectivity index (χ1v) is 6.55. The van der Waals surface area contributed by atoms with Crippen LogP contribution in [-0.4, -0.2) is 21.8 Å². The molecule has 2 rings (SSSR count). The zero-order valence-corrected chi connectivity index (χ0v) is 11.1. The molecule has 0 aliphatic heterocycles. The van der Waals surface area contributed by atoms with Crippen molar-refractivity contribution in [3.8, 4) is 0 Å². The van der Waals surface area contributed by atoms with Crippen molar-refractivity contribution in [3.05, 3.63) is 47.0 Å². The van der Waals surface area contributed by atoms with Crippen LogP contribution < -0.4 is 5.32 Å². The van der Waals surface area contributed by atoms with Gasteiger partial charge in [0.05, 0.1) is 6.42 Å². The zero-order chi connectivity index (χ0) is 13.7. The van der Waals surface area contributed by atoms with Crippen molar-refractivity contribution in [1.29, 1.82) is 0 Å². The summed E-state index contributed by atoms with van der Waals surface area (Å²) in [5.74, 6) is -0.120. The molecule has 6 heteroatoms. The van der Waals surface area contributed by atoms with Crippen LogP contribution in [0.1, 0.15) is 18.2 Å². The van der Waals surface area contributed by atoms with Crippen LogP contribution in [0, 0.1) is 0 Å². The summed E-state index contributed by atoms with van der Waals surface area (Å²) in [5.41, 5.74) is 1.92. The molecule has 98 valence electrons. The van der Waals surface area contributed by atoms with E-state index in [2.05, 4.69) is 15.5 Å². The summed E-state index contributed by atoms with van der Waals surface area (Å²) < 4.78 is 0. The molecule has 2 aromatic rings. The van der Waals surface area contributed by atoms with E-state index in [-0.39, 0.29) is 5.91 Å². The molecule has 0 aliphatic rings. The van der Waals surface area contributed by atoms with Gasteiger partial charge >= 0.3 is 0 Å². The molecular weight excluding hydrogens is 262 g/mol. The predicted molar refractivity (Wildman–Crippen MR) is 74.9 cm³/mol. The molecule has 0 bridgehead atoms. The summed E-state index contributed by atoms with van der Waals surface area (Å²) in [7, 11) is 0. The Kier molecular flexibility index (Phi) is 4.25. The van der Waals surface area contributed by atoms with Crippen molar-refractivity contribution in [2.45, 2.75) is 13.3 Å². The van der Waals surface area contributed by atoms with Crippen molar-refractivity contribution in [1.82, 2.24) is 4.98 Å². The van der Waals surface area contributed by atoms with Crippen molar-refractivity contribution in [2.75, 3.05) is 5.32 Å². The molecule has 0 unspecified atom stereocenters. The molecule has 1 heterocycles. The summed E-state index contributed by atoms with van der Waals surface area (Å²) in [6.07, 6.45) is 0.308. The van der Waals surface area contributed by atoms with Crippen LogP contribution in [0.3, 0.4) is 0 Å². The maximum Gasteiger partial charge on any atom is 0.230 e. The number of anilines is 1. The van der Waals surface area contributed by atoms with E-state index in [4.69, 9.17) is 5.21 Å². The highest BCUT2D eigenvalue weighted by molar-refractivity contribution is 7.14. The SMILES string of the molecule is CC(=NO)c1csc(NC(=O)Cc2ccccc2)n1. The standard InChI is InChI=1S/C13H13N3O2S/c1-9(16-18)11-8-19-13(14-11)15-12(17)7-10-5-3-2-4-6-10/h2-6,8,18H,7H2,1H3,(H,14,15,17). The predicted octanol–water partition coefficient (Wildman–Crippen LogP) is 2.52. The first-order chi connectivity index (χ1) is 9.19. The van der Waals surface area contributed by atoms with Gasteiger partial charge in [0.1, 0.15) is 11.4 Å². The fourth-order valence-electron chi connectivity index (χ4n) is 1.49. The molecular formula is C13H13N3O2S. The number of carbonyl (C=O) groups excluding carboxylic acids is 1. The first-order valence-electron chi connectivity index (χ1n) is 5.67. The lowest BCUT2D eigenvalue weighted by Crippen LogP contribution is -2.14. The average molecular weight is 275 g/mol. The molecule has 0 spiro atoms. The second-order valence-electron chi connectivity index (χ2n) is 3.93. The van der Waals surface area contributed by atoms with Crippen LogP contribution >= 0.6 is 11.3 Å². The van der Waals surface area contributed by atoms with Crippen molar-refractivity contribution >= 4 is 28.1 Å². The first kappa shape index (κ1) is 13.2. The molecule has 1 aromatic carbocycles. The Hall–Kier alpha value is -2.21. The van der Waals surface area contributed by atoms with Crippen LogP contribution in [0.4, 0.5) is 5.13 Å². The maximum atomic E-state index is 11.8. The van der Waals surface area contributed by atoms with Crippen LogP contribution in [-0.2, 0) is 11.2 Å². The highest BCUT2D eigenvalue weighted by Gasteiger charge is 2.09. The van der Waals surface area contributed by atoms with E-state index in [0.717, 1.165) is 5.56 Å². The molecule has 0 fully saturated rings. The van der Waals surface area contributed by atoms with Gasteiger partial charge in [0, 0.05) is 5.38 Å². The van der Waals surface area contributed by atoms with Gasteiger partial charge in [0.25, 0.3) is 0 Å². The van der Waals surface area contributed by atoms with Gasteiger partial charge in [0.15, 0.2) is 5.13 Å². The maximum absolute atomic E-state index is 11.8. The lowest BCUT2D eigenvalue weighted by atomic mass is 10.1. The summed E-state index contributed by atoms with van der Waals surface area (Å²) in [5, 5.41) is 16.7. The van der Waals surface area contributed by atoms with E-state index >= 15 is 0 Å². The number of nitrogens with one attached hydrogen (secondary N) is 1. The number of aromatic nitrogens is 1. The number of carbonyl (C=O) groups is 1. The second kappa shape index (κ2) is 6.10. The minimum Gasteiger partial charge on any atom is -0.411 e. The van der Waals surface area contributed by atoms with Gasteiger partial charge in [-0.05, 0) is 12.5 Å². The van der Waals surface area contributed by atoms with Gasteiger partial charge in [-0.3, -0.25) is 4.79 Å². The van der Waals surface area contributed by atoms with Gasteiger partial charge in [-0.1, -0.05) is 35.5 Å². The van der Waals surface area contributed by atoms with Gasteiger partial charge < -0.3 is 10.5 Å². The third-order valence-electron chi connectivity index (χ3n) is 2.48. The van der Waals surface area contributed by atoms with E-state index in [0.29, 0.717) is 23.0 Å². The highest BCUT2D eigenvalue weighted by atomic mass is 32.1. The van der Waals surface area contributed by atoms with E-state index in [1.54, 1.807) is 12.3 Å². The van der Waals surface area contributed by atoms with Crippen LogP contribution in [0.25, 0.3) is 0 Å². The van der Waals surface area contributed by atoms with Gasteiger partial charge in [-0.2, -0.15) is 0 Å². The van der Waals surface area contributed by atoms with Gasteiger partial charge in [-0.25, -0.2) is 4.98 Å². The molecule has 0 aliphatic carbocycles. The normalized spacial score (nSPS) is 11.3. The summed E-state index contributed by atoms with van der Waals surface area (Å²) in [6.45, 7) is 1.64. The second-order valence-corrected chi connectivity index (χ2v) is 4.79. The number of hydrogen-bond acceptors (Lipinski definition) is 5. The molecule has 5 nitrogen and oxygen atoms in total. The number of nitrogens with zero attached hydrogens (tertiary/aromatic N) is 2. The van der Waals surface area contributed by atoms with E-state index in [9.17, 15) is 4.79 Å². The molecule has 0 saturated carbocycles. The monoisotopic (exact) mass is 275 g/mol. The van der Waals surface area contributed by atoms with Gasteiger partial charge in [-0.15, -0.1) is 11.3 Å². The van der Waals surface area contributed by atoms with E-state index in [1.165, 1.54) is 11.3 Å². The van der Waals surface area contributed by atoms with E-state index in [1.807, 2.05) is 30.3 Å². The highest BCUT2D eigenvalue weighted by Crippen LogP contribution is 2.16. The molecule has 0 atom stereocenters. The fourth-order valence-corrected chi connectivity index (χ4v) is 2.26. The van der Waals surface area contributed by atoms with Crippen LogP contribution in [0.2, 0.25) is 0 Å². The molecule has 2 N–H and O–H groups in total. The topological polar surface area (TPSA) is 74.6 Å². The number of hydrogen-bond donors (Lipinski definition) is 2. The molecule has 1 amide bonds. The van der Waals surface area contributed by atoms with E-state index < -0.39 is 0 Å². The average Bonchev–Trinajstić information content (AvgIpc) is 2.87. The van der Waals surface area contributed by atoms with Crippen LogP contribution in [0.5, 0.6) is 0 Å². The Morgan fingerprint density at radius 2 is 2.16 bits per heavy atom. The molecule has 0 saturated heterocycles. The van der Waals surface area contributed by atoms with Crippen molar-refractivity contribution in [2.24, 2.45) is 5.16 Å². The largest absolute Gasteiger partial charge is 0.411 e. The van der Waals surface area contributed by atoms with Gasteiger partial charge in [0.2, 0.25) is 5.91 Å². The Balaban J connectivity index is 1.98. The lowest BCUT2D eigenvalue weighted by molar-refractivity contribution is -0.115. The number of thiazole rings is 1. The fraction of sp³-hybridized carbons (Fsp3) is 0.154. The smallest absolute Gasteiger partial charge is 0.230 e. The Bertz CT molecular complexity index is 593.